The zero-order valence-electron chi connectivity index (χ0n) is 29.4. The molecule has 0 fully saturated rings. The minimum absolute atomic E-state index is 0.691. The molecule has 0 radical (unpaired) electrons. The van der Waals surface area contributed by atoms with Gasteiger partial charge in [0.25, 0.3) is 0 Å². The van der Waals surface area contributed by atoms with Gasteiger partial charge in [0.05, 0.1) is 22.6 Å². The van der Waals surface area contributed by atoms with Gasteiger partial charge < -0.3 is 0 Å². The van der Waals surface area contributed by atoms with Crippen LogP contribution in [0, 0.1) is 0 Å². The van der Waals surface area contributed by atoms with Gasteiger partial charge in [-0.05, 0) is 51.2 Å². The van der Waals surface area contributed by atoms with E-state index in [4.69, 9.17) is 15.0 Å². The van der Waals surface area contributed by atoms with Crippen molar-refractivity contribution in [2.75, 3.05) is 0 Å². The summed E-state index contributed by atoms with van der Waals surface area (Å²) in [6, 6.07) is 70.3. The standard InChI is InChI=1S/C51H33N3/c1-3-12-34(13-4-1)35-22-26-39(27-23-35)48-33-47(38-15-5-2-6-16-38)53-51(54-48)42-18-11-17-41(32-42)36-24-28-40(29-25-36)50-45-31-30-37-14-7-8-19-43(37)49(45)44-20-9-10-21-46(44)52-50/h1-33H. The second kappa shape index (κ2) is 13.4. The number of fused-ring (bicyclic) bond motifs is 5. The van der Waals surface area contributed by atoms with Crippen molar-refractivity contribution in [2.45, 2.75) is 0 Å². The van der Waals surface area contributed by atoms with E-state index in [1.165, 1.54) is 32.7 Å². The number of hydrogen-bond acceptors (Lipinski definition) is 3. The molecule has 0 saturated carbocycles. The van der Waals surface area contributed by atoms with Crippen LogP contribution >= 0.6 is 0 Å². The average Bonchev–Trinajstić information content (AvgIpc) is 3.26. The van der Waals surface area contributed by atoms with Crippen molar-refractivity contribution in [3.05, 3.63) is 200 Å². The van der Waals surface area contributed by atoms with E-state index < -0.39 is 0 Å². The predicted octanol–water partition coefficient (Wildman–Crippen LogP) is 13.3. The second-order valence-corrected chi connectivity index (χ2v) is 13.6. The van der Waals surface area contributed by atoms with E-state index >= 15 is 0 Å². The molecule has 0 aliphatic heterocycles. The van der Waals surface area contributed by atoms with Crippen LogP contribution in [0.2, 0.25) is 0 Å². The fourth-order valence-corrected chi connectivity index (χ4v) is 7.55. The van der Waals surface area contributed by atoms with Gasteiger partial charge in [0.1, 0.15) is 0 Å². The van der Waals surface area contributed by atoms with Crippen molar-refractivity contribution in [3.8, 4) is 67.4 Å². The van der Waals surface area contributed by atoms with Crippen LogP contribution in [-0.4, -0.2) is 15.0 Å². The molecule has 0 saturated heterocycles. The van der Waals surface area contributed by atoms with Gasteiger partial charge in [-0.2, -0.15) is 0 Å². The highest BCUT2D eigenvalue weighted by Gasteiger charge is 2.15. The molecule has 0 aliphatic carbocycles. The maximum Gasteiger partial charge on any atom is 0.160 e. The van der Waals surface area contributed by atoms with Crippen molar-refractivity contribution in [1.29, 1.82) is 0 Å². The highest BCUT2D eigenvalue weighted by atomic mass is 14.9. The number of hydrogen-bond donors (Lipinski definition) is 0. The summed E-state index contributed by atoms with van der Waals surface area (Å²) in [4.78, 5) is 15.5. The first-order chi connectivity index (χ1) is 26.7. The van der Waals surface area contributed by atoms with E-state index in [-0.39, 0.29) is 0 Å². The molecule has 3 heteroatoms. The van der Waals surface area contributed by atoms with Gasteiger partial charge in [-0.1, -0.05) is 182 Å². The van der Waals surface area contributed by atoms with Gasteiger partial charge in [-0.3, -0.25) is 0 Å². The lowest BCUT2D eigenvalue weighted by molar-refractivity contribution is 1.18. The topological polar surface area (TPSA) is 38.7 Å². The Morgan fingerprint density at radius 3 is 1.54 bits per heavy atom. The van der Waals surface area contributed by atoms with Crippen molar-refractivity contribution >= 4 is 32.4 Å². The van der Waals surface area contributed by atoms with Crippen LogP contribution in [0.3, 0.4) is 0 Å². The SMILES string of the molecule is c1ccc(-c2ccc(-c3cc(-c4ccccc4)nc(-c4cccc(-c5ccc(-c6nc7ccccc7c7c6ccc6ccccc67)cc5)c4)n3)cc2)cc1. The maximum atomic E-state index is 5.21. The molecule has 3 nitrogen and oxygen atoms in total. The van der Waals surface area contributed by atoms with Crippen LogP contribution in [0.25, 0.3) is 99.9 Å². The number of nitrogens with zero attached hydrogens (tertiary/aromatic N) is 3. The molecule has 8 aromatic carbocycles. The Morgan fingerprint density at radius 1 is 0.278 bits per heavy atom. The first-order valence-corrected chi connectivity index (χ1v) is 18.3. The van der Waals surface area contributed by atoms with Gasteiger partial charge in [0.15, 0.2) is 5.82 Å². The van der Waals surface area contributed by atoms with Gasteiger partial charge in [0.2, 0.25) is 0 Å². The van der Waals surface area contributed by atoms with Crippen molar-refractivity contribution < 1.29 is 0 Å². The molecule has 2 heterocycles. The average molecular weight is 688 g/mol. The van der Waals surface area contributed by atoms with Crippen molar-refractivity contribution in [1.82, 2.24) is 15.0 Å². The summed E-state index contributed by atoms with van der Waals surface area (Å²) in [5.41, 5.74) is 12.5. The highest BCUT2D eigenvalue weighted by molar-refractivity contribution is 6.22. The molecule has 10 rings (SSSR count). The molecule has 0 aliphatic rings. The molecule has 0 amide bonds. The summed E-state index contributed by atoms with van der Waals surface area (Å²) in [5, 5.41) is 6.05. The lowest BCUT2D eigenvalue weighted by atomic mass is 9.94. The highest BCUT2D eigenvalue weighted by Crippen LogP contribution is 2.38. The lowest BCUT2D eigenvalue weighted by Crippen LogP contribution is -1.96. The molecule has 0 atom stereocenters. The first kappa shape index (κ1) is 31.5. The zero-order valence-corrected chi connectivity index (χ0v) is 29.4. The molecule has 0 bridgehead atoms. The van der Waals surface area contributed by atoms with Gasteiger partial charge in [-0.15, -0.1) is 0 Å². The Morgan fingerprint density at radius 2 is 0.796 bits per heavy atom. The molecule has 0 N–H and O–H groups in total. The summed E-state index contributed by atoms with van der Waals surface area (Å²) >= 11 is 0. The molecule has 10 aromatic rings. The third-order valence-electron chi connectivity index (χ3n) is 10.3. The Bertz CT molecular complexity index is 2940. The van der Waals surface area contributed by atoms with E-state index in [1.54, 1.807) is 0 Å². The summed E-state index contributed by atoms with van der Waals surface area (Å²) in [5.74, 6) is 0.691. The predicted molar refractivity (Wildman–Crippen MR) is 225 cm³/mol. The van der Waals surface area contributed by atoms with E-state index in [1.807, 2.05) is 24.3 Å². The van der Waals surface area contributed by atoms with E-state index in [0.717, 1.165) is 61.4 Å². The monoisotopic (exact) mass is 687 g/mol. The minimum atomic E-state index is 0.691. The number of rotatable bonds is 6. The quantitative estimate of drug-likeness (QED) is 0.163. The largest absolute Gasteiger partial charge is 0.247 e. The fourth-order valence-electron chi connectivity index (χ4n) is 7.55. The van der Waals surface area contributed by atoms with Gasteiger partial charge in [0, 0.05) is 38.4 Å². The summed E-state index contributed by atoms with van der Waals surface area (Å²) < 4.78 is 0. The molecule has 0 unspecified atom stereocenters. The third-order valence-corrected chi connectivity index (χ3v) is 10.3. The number of benzene rings is 8. The van der Waals surface area contributed by atoms with Crippen molar-refractivity contribution in [3.63, 3.8) is 0 Å². The fraction of sp³-hybridized carbons (Fsp3) is 0. The van der Waals surface area contributed by atoms with E-state index in [2.05, 4.69) is 176 Å². The van der Waals surface area contributed by atoms with E-state index in [0.29, 0.717) is 5.82 Å². The number of aromatic nitrogens is 3. The molecule has 2 aromatic heterocycles. The zero-order chi connectivity index (χ0) is 35.8. The van der Waals surface area contributed by atoms with Gasteiger partial charge in [-0.25, -0.2) is 15.0 Å². The Labute approximate surface area is 313 Å². The van der Waals surface area contributed by atoms with Crippen molar-refractivity contribution in [2.24, 2.45) is 0 Å². The Kier molecular flexibility index (Phi) is 7.81. The van der Waals surface area contributed by atoms with E-state index in [9.17, 15) is 0 Å². The summed E-state index contributed by atoms with van der Waals surface area (Å²) in [6.45, 7) is 0. The third kappa shape index (κ3) is 5.78. The molecular formula is C51H33N3. The summed E-state index contributed by atoms with van der Waals surface area (Å²) in [7, 11) is 0. The minimum Gasteiger partial charge on any atom is -0.247 e. The van der Waals surface area contributed by atoms with Gasteiger partial charge >= 0.3 is 0 Å². The van der Waals surface area contributed by atoms with Crippen LogP contribution < -0.4 is 0 Å². The number of para-hydroxylation sites is 1. The molecule has 252 valence electrons. The second-order valence-electron chi connectivity index (χ2n) is 13.6. The van der Waals surface area contributed by atoms with Crippen LogP contribution in [0.1, 0.15) is 0 Å². The normalized spacial score (nSPS) is 11.3. The van der Waals surface area contributed by atoms with Crippen LogP contribution in [0.5, 0.6) is 0 Å². The first-order valence-electron chi connectivity index (χ1n) is 18.3. The Hall–Kier alpha value is -7.23. The number of pyridine rings is 1. The maximum absolute atomic E-state index is 5.21. The molecule has 0 spiro atoms. The smallest absolute Gasteiger partial charge is 0.160 e. The van der Waals surface area contributed by atoms with Crippen LogP contribution in [0.15, 0.2) is 200 Å². The Balaban J connectivity index is 1.03. The van der Waals surface area contributed by atoms with Crippen LogP contribution in [0.4, 0.5) is 0 Å². The lowest BCUT2D eigenvalue weighted by Gasteiger charge is -2.13. The molecular weight excluding hydrogens is 655 g/mol. The molecule has 54 heavy (non-hydrogen) atoms. The summed E-state index contributed by atoms with van der Waals surface area (Å²) in [6.07, 6.45) is 0. The van der Waals surface area contributed by atoms with Crippen LogP contribution in [-0.2, 0) is 0 Å².